The molecule has 0 bridgehead atoms. The van der Waals surface area contributed by atoms with Gasteiger partial charge in [0.25, 0.3) is 0 Å². The number of nitrogens with one attached hydrogen (secondary N) is 1. The predicted octanol–water partition coefficient (Wildman–Crippen LogP) is 2.13. The van der Waals surface area contributed by atoms with Crippen molar-refractivity contribution >= 4 is 5.97 Å². The average molecular weight is 251 g/mol. The normalized spacial score (nSPS) is 10.1. The number of rotatable bonds is 8. The molecule has 1 aromatic carbocycles. The highest BCUT2D eigenvalue weighted by Gasteiger charge is 1.99. The van der Waals surface area contributed by atoms with Gasteiger partial charge in [0.15, 0.2) is 0 Å². The summed E-state index contributed by atoms with van der Waals surface area (Å²) < 4.78 is 10.1. The second-order valence-corrected chi connectivity index (χ2v) is 4.00. The molecule has 0 aliphatic carbocycles. The molecular formula is C14H21NO3. The molecule has 18 heavy (non-hydrogen) atoms. The summed E-state index contributed by atoms with van der Waals surface area (Å²) in [5.74, 6) is 0.709. The summed E-state index contributed by atoms with van der Waals surface area (Å²) in [5.41, 5.74) is 1.17. The van der Waals surface area contributed by atoms with E-state index in [1.165, 1.54) is 12.7 Å². The molecule has 1 aromatic rings. The lowest BCUT2D eigenvalue weighted by atomic mass is 10.2. The molecule has 0 saturated heterocycles. The fraction of sp³-hybridized carbons (Fsp3) is 0.500. The smallest absolute Gasteiger partial charge is 0.306 e. The predicted molar refractivity (Wildman–Crippen MR) is 70.6 cm³/mol. The van der Waals surface area contributed by atoms with Crippen molar-refractivity contribution in [3.05, 3.63) is 29.8 Å². The molecule has 0 aromatic heterocycles. The number of benzene rings is 1. The lowest BCUT2D eigenvalue weighted by Gasteiger charge is -2.07. The van der Waals surface area contributed by atoms with Crippen LogP contribution in [0.1, 0.15) is 25.3 Å². The first-order valence-corrected chi connectivity index (χ1v) is 6.25. The number of esters is 1. The maximum absolute atomic E-state index is 10.9. The number of hydrogen-bond acceptors (Lipinski definition) is 4. The fourth-order valence-corrected chi connectivity index (χ4v) is 1.45. The van der Waals surface area contributed by atoms with Crippen molar-refractivity contribution in [2.75, 3.05) is 20.3 Å². The Kier molecular flexibility index (Phi) is 6.87. The van der Waals surface area contributed by atoms with Gasteiger partial charge in [0.05, 0.1) is 20.1 Å². The first kappa shape index (κ1) is 14.5. The molecule has 0 unspecified atom stereocenters. The molecule has 1 rings (SSSR count). The Morgan fingerprint density at radius 3 is 2.61 bits per heavy atom. The minimum atomic E-state index is -0.189. The molecule has 100 valence electrons. The summed E-state index contributed by atoms with van der Waals surface area (Å²) in [6.45, 7) is 4.20. The monoisotopic (exact) mass is 251 g/mol. The molecule has 0 amide bonds. The Balaban J connectivity index is 2.24. The lowest BCUT2D eigenvalue weighted by Crippen LogP contribution is -2.18. The van der Waals surface area contributed by atoms with Crippen LogP contribution in [0.15, 0.2) is 24.3 Å². The molecule has 0 saturated carbocycles. The van der Waals surface area contributed by atoms with E-state index in [9.17, 15) is 4.79 Å². The van der Waals surface area contributed by atoms with Gasteiger partial charge in [-0.2, -0.15) is 0 Å². The summed E-state index contributed by atoms with van der Waals surface area (Å²) in [4.78, 5) is 10.9. The molecule has 0 fully saturated rings. The Bertz CT molecular complexity index is 349. The summed E-state index contributed by atoms with van der Waals surface area (Å²) in [5, 5.41) is 3.19. The SMILES string of the molecule is CCCOc1ccc(CNCCC(=O)OC)cc1. The van der Waals surface area contributed by atoms with Gasteiger partial charge in [0, 0.05) is 13.1 Å². The third kappa shape index (κ3) is 5.68. The minimum absolute atomic E-state index is 0.189. The van der Waals surface area contributed by atoms with Gasteiger partial charge in [-0.25, -0.2) is 0 Å². The first-order valence-electron chi connectivity index (χ1n) is 6.25. The van der Waals surface area contributed by atoms with Crippen LogP contribution in [0.5, 0.6) is 5.75 Å². The first-order chi connectivity index (χ1) is 8.76. The van der Waals surface area contributed by atoms with Crippen molar-refractivity contribution in [2.24, 2.45) is 0 Å². The molecule has 0 spiro atoms. The molecule has 0 radical (unpaired) electrons. The van der Waals surface area contributed by atoms with Gasteiger partial charge in [0.1, 0.15) is 5.75 Å². The summed E-state index contributed by atoms with van der Waals surface area (Å²) in [6.07, 6.45) is 1.41. The van der Waals surface area contributed by atoms with Gasteiger partial charge in [-0.15, -0.1) is 0 Å². The largest absolute Gasteiger partial charge is 0.494 e. The van der Waals surface area contributed by atoms with E-state index >= 15 is 0 Å². The summed E-state index contributed by atoms with van der Waals surface area (Å²) in [6, 6.07) is 7.98. The lowest BCUT2D eigenvalue weighted by molar-refractivity contribution is -0.140. The van der Waals surface area contributed by atoms with E-state index in [4.69, 9.17) is 4.74 Å². The van der Waals surface area contributed by atoms with Crippen molar-refractivity contribution in [1.29, 1.82) is 0 Å². The average Bonchev–Trinajstić information content (AvgIpc) is 2.42. The second kappa shape index (κ2) is 8.53. The van der Waals surface area contributed by atoms with Crippen LogP contribution in [0.4, 0.5) is 0 Å². The third-order valence-corrected chi connectivity index (χ3v) is 2.46. The van der Waals surface area contributed by atoms with Crippen molar-refractivity contribution in [3.63, 3.8) is 0 Å². The van der Waals surface area contributed by atoms with Crippen molar-refractivity contribution < 1.29 is 14.3 Å². The Morgan fingerprint density at radius 2 is 2.00 bits per heavy atom. The second-order valence-electron chi connectivity index (χ2n) is 4.00. The number of carbonyl (C=O) groups is 1. The molecule has 4 nitrogen and oxygen atoms in total. The molecule has 0 aliphatic rings. The van der Waals surface area contributed by atoms with E-state index in [0.717, 1.165) is 25.3 Å². The quantitative estimate of drug-likeness (QED) is 0.568. The Labute approximate surface area is 108 Å². The molecule has 1 N–H and O–H groups in total. The maximum Gasteiger partial charge on any atom is 0.306 e. The minimum Gasteiger partial charge on any atom is -0.494 e. The maximum atomic E-state index is 10.9. The van der Waals surface area contributed by atoms with Gasteiger partial charge < -0.3 is 14.8 Å². The van der Waals surface area contributed by atoms with Gasteiger partial charge in [0.2, 0.25) is 0 Å². The van der Waals surface area contributed by atoms with Crippen LogP contribution in [-0.4, -0.2) is 26.2 Å². The van der Waals surface area contributed by atoms with E-state index in [1.54, 1.807) is 0 Å². The van der Waals surface area contributed by atoms with Crippen molar-refractivity contribution in [2.45, 2.75) is 26.3 Å². The van der Waals surface area contributed by atoms with Gasteiger partial charge in [-0.05, 0) is 24.1 Å². The van der Waals surface area contributed by atoms with Crippen LogP contribution in [0.2, 0.25) is 0 Å². The summed E-state index contributed by atoms with van der Waals surface area (Å²) in [7, 11) is 1.40. The topological polar surface area (TPSA) is 47.6 Å². The standard InChI is InChI=1S/C14H21NO3/c1-3-10-18-13-6-4-12(5-7-13)11-15-9-8-14(16)17-2/h4-7,15H,3,8-11H2,1-2H3. The van der Waals surface area contributed by atoms with Crippen LogP contribution in [0.25, 0.3) is 0 Å². The molecular weight excluding hydrogens is 230 g/mol. The number of methoxy groups -OCH3 is 1. The van der Waals surface area contributed by atoms with Crippen LogP contribution in [-0.2, 0) is 16.1 Å². The molecule has 0 heterocycles. The van der Waals surface area contributed by atoms with E-state index < -0.39 is 0 Å². The van der Waals surface area contributed by atoms with E-state index in [-0.39, 0.29) is 5.97 Å². The van der Waals surface area contributed by atoms with E-state index in [0.29, 0.717) is 13.0 Å². The molecule has 4 heteroatoms. The zero-order chi connectivity index (χ0) is 13.2. The summed E-state index contributed by atoms with van der Waals surface area (Å²) >= 11 is 0. The highest BCUT2D eigenvalue weighted by Crippen LogP contribution is 2.12. The molecule has 0 atom stereocenters. The number of carbonyl (C=O) groups excluding carboxylic acids is 1. The Morgan fingerprint density at radius 1 is 1.28 bits per heavy atom. The van der Waals surface area contributed by atoms with E-state index in [2.05, 4.69) is 17.0 Å². The zero-order valence-corrected chi connectivity index (χ0v) is 11.1. The van der Waals surface area contributed by atoms with Crippen molar-refractivity contribution in [3.8, 4) is 5.75 Å². The molecule has 0 aliphatic heterocycles. The zero-order valence-electron chi connectivity index (χ0n) is 11.1. The van der Waals surface area contributed by atoms with Crippen LogP contribution >= 0.6 is 0 Å². The fourth-order valence-electron chi connectivity index (χ4n) is 1.45. The highest BCUT2D eigenvalue weighted by molar-refractivity contribution is 5.69. The van der Waals surface area contributed by atoms with Crippen molar-refractivity contribution in [1.82, 2.24) is 5.32 Å². The number of ether oxygens (including phenoxy) is 2. The third-order valence-electron chi connectivity index (χ3n) is 2.46. The van der Waals surface area contributed by atoms with Gasteiger partial charge in [-0.1, -0.05) is 19.1 Å². The number of hydrogen-bond donors (Lipinski definition) is 1. The van der Waals surface area contributed by atoms with E-state index in [1.807, 2.05) is 24.3 Å². The Hall–Kier alpha value is -1.55. The van der Waals surface area contributed by atoms with Gasteiger partial charge >= 0.3 is 5.97 Å². The van der Waals surface area contributed by atoms with Crippen LogP contribution in [0, 0.1) is 0 Å². The van der Waals surface area contributed by atoms with Gasteiger partial charge in [-0.3, -0.25) is 4.79 Å². The van der Waals surface area contributed by atoms with Crippen LogP contribution < -0.4 is 10.1 Å². The highest BCUT2D eigenvalue weighted by atomic mass is 16.5. The van der Waals surface area contributed by atoms with Crippen LogP contribution in [0.3, 0.4) is 0 Å².